The molecule has 0 radical (unpaired) electrons. The zero-order valence-corrected chi connectivity index (χ0v) is 45.9. The summed E-state index contributed by atoms with van der Waals surface area (Å²) >= 11 is 0. The highest BCUT2D eigenvalue weighted by molar-refractivity contribution is 5.55. The van der Waals surface area contributed by atoms with Crippen LogP contribution in [-0.4, -0.2) is 76.3 Å². The molecule has 6 aromatic carbocycles. The molecule has 12 rings (SSSR count). The van der Waals surface area contributed by atoms with Crippen molar-refractivity contribution in [1.29, 1.82) is 0 Å². The average molecular weight is 1010 g/mol. The molecule has 6 aliphatic rings. The summed E-state index contributed by atoms with van der Waals surface area (Å²) in [5, 5.41) is 0. The number of aryl methyl sites for hydroxylation is 1. The highest BCUT2D eigenvalue weighted by Gasteiger charge is 2.36. The van der Waals surface area contributed by atoms with Crippen LogP contribution in [0.5, 0.6) is 0 Å². The minimum atomic E-state index is -0.223. The van der Waals surface area contributed by atoms with Crippen LogP contribution in [-0.2, 0) is 96.0 Å². The summed E-state index contributed by atoms with van der Waals surface area (Å²) in [4.78, 5) is 0. The van der Waals surface area contributed by atoms with Crippen molar-refractivity contribution in [3.05, 3.63) is 210 Å². The van der Waals surface area contributed by atoms with Crippen molar-refractivity contribution in [2.24, 2.45) is 0 Å². The molecule has 0 spiro atoms. The molecule has 9 unspecified atom stereocenters. The molecular weight excluding hydrogens is 925 g/mol. The Hall–Kier alpha value is -4.92. The topological polar surface area (TPSA) is 75.2 Å². The quantitative estimate of drug-likeness (QED) is 0.0532. The molecule has 6 fully saturated rings. The van der Waals surface area contributed by atoms with E-state index in [1.54, 1.807) is 0 Å². The molecule has 6 saturated heterocycles. The maximum absolute atomic E-state index is 6.21. The molecule has 75 heavy (non-hydrogen) atoms. The molecule has 6 nitrogen and oxygen atoms in total. The molecule has 6 aliphatic heterocycles. The zero-order chi connectivity index (χ0) is 51.5. The first-order chi connectivity index (χ1) is 36.4. The third-order valence-corrected chi connectivity index (χ3v) is 18.9. The van der Waals surface area contributed by atoms with Gasteiger partial charge in [-0.1, -0.05) is 157 Å². The molecule has 6 heterocycles. The molecule has 0 amide bonds. The zero-order valence-electron chi connectivity index (χ0n) is 45.9. The lowest BCUT2D eigenvalue weighted by molar-refractivity contribution is 0.406. The van der Waals surface area contributed by atoms with Crippen LogP contribution in [0.1, 0.15) is 155 Å². The summed E-state index contributed by atoms with van der Waals surface area (Å²) < 4.78 is 35.1. The van der Waals surface area contributed by atoms with Crippen LogP contribution in [0.15, 0.2) is 115 Å². The van der Waals surface area contributed by atoms with Gasteiger partial charge < -0.3 is 28.4 Å². The van der Waals surface area contributed by atoms with Crippen molar-refractivity contribution in [2.75, 3.05) is 39.6 Å². The molecular formula is C69H80O6. The minimum absolute atomic E-state index is 0.153. The van der Waals surface area contributed by atoms with E-state index in [1.165, 1.54) is 94.6 Å². The fourth-order valence-corrected chi connectivity index (χ4v) is 12.5. The van der Waals surface area contributed by atoms with Gasteiger partial charge in [-0.2, -0.15) is 0 Å². The molecule has 0 saturated carbocycles. The van der Waals surface area contributed by atoms with Crippen molar-refractivity contribution < 1.29 is 28.4 Å². The van der Waals surface area contributed by atoms with Gasteiger partial charge >= 0.3 is 0 Å². The fraction of sp³-hybridized carbons (Fsp3) is 0.478. The van der Waals surface area contributed by atoms with Crippen molar-refractivity contribution in [3.8, 4) is 0 Å². The Bertz CT molecular complexity index is 2990. The number of epoxide rings is 6. The van der Waals surface area contributed by atoms with Crippen LogP contribution < -0.4 is 0 Å². The second-order valence-corrected chi connectivity index (χ2v) is 24.1. The molecule has 6 aromatic rings. The van der Waals surface area contributed by atoms with Gasteiger partial charge in [-0.15, -0.1) is 0 Å². The van der Waals surface area contributed by atoms with Crippen molar-refractivity contribution in [1.82, 2.24) is 0 Å². The third kappa shape index (κ3) is 11.4. The standard InChI is InChI=1S/C69H80O6/c1-8-67(5,53-18-11-45(12-19-53)26-59-38-70-59)56-24-17-48(35-62-41-73-62)49(31-56)29-51-33-58(69(7,10-3)55-22-15-47(16-23-55)28-61-40-72-61)34-52(66(51)37-64-43-75-64)30-50-32-57(25-44(4)65(50)36-63-42-74-63)68(6,9-2)54-20-13-46(14-21-54)27-60-39-71-60/h11-25,31-34,59-64H,8-10,26-30,35-43H2,1-7H3. The average Bonchev–Trinajstić information content (AvgIpc) is 4.20. The summed E-state index contributed by atoms with van der Waals surface area (Å²) in [6.45, 7) is 22.0. The smallest absolute Gasteiger partial charge is 0.0850 e. The van der Waals surface area contributed by atoms with Crippen LogP contribution >= 0.6 is 0 Å². The van der Waals surface area contributed by atoms with Gasteiger partial charge in [-0.3, -0.25) is 0 Å². The largest absolute Gasteiger partial charge is 0.373 e. The Morgan fingerprint density at radius 2 is 0.640 bits per heavy atom. The van der Waals surface area contributed by atoms with E-state index in [0.717, 1.165) is 110 Å². The highest BCUT2D eigenvalue weighted by atomic mass is 16.6. The minimum Gasteiger partial charge on any atom is -0.373 e. The normalized spacial score (nSPS) is 24.5. The van der Waals surface area contributed by atoms with Gasteiger partial charge in [-0.25, -0.2) is 0 Å². The monoisotopic (exact) mass is 1000 g/mol. The fourth-order valence-electron chi connectivity index (χ4n) is 12.5. The lowest BCUT2D eigenvalue weighted by atomic mass is 9.70. The molecule has 6 heteroatoms. The van der Waals surface area contributed by atoms with E-state index >= 15 is 0 Å². The molecule has 0 bridgehead atoms. The summed E-state index contributed by atoms with van der Waals surface area (Å²) in [7, 11) is 0. The van der Waals surface area contributed by atoms with Crippen LogP contribution in [0.2, 0.25) is 0 Å². The van der Waals surface area contributed by atoms with Gasteiger partial charge in [0.15, 0.2) is 0 Å². The second-order valence-electron chi connectivity index (χ2n) is 24.1. The number of benzene rings is 6. The van der Waals surface area contributed by atoms with Gasteiger partial charge in [0.1, 0.15) is 0 Å². The first-order valence-electron chi connectivity index (χ1n) is 28.8. The predicted molar refractivity (Wildman–Crippen MR) is 300 cm³/mol. The Balaban J connectivity index is 0.989. The van der Waals surface area contributed by atoms with Crippen LogP contribution in [0.4, 0.5) is 0 Å². The van der Waals surface area contributed by atoms with Crippen LogP contribution in [0, 0.1) is 6.92 Å². The predicted octanol–water partition coefficient (Wildman–Crippen LogP) is 13.0. The van der Waals surface area contributed by atoms with Crippen molar-refractivity contribution in [2.45, 2.75) is 172 Å². The van der Waals surface area contributed by atoms with Gasteiger partial charge in [-0.05, 0) is 134 Å². The van der Waals surface area contributed by atoms with Crippen molar-refractivity contribution in [3.63, 3.8) is 0 Å². The second kappa shape index (κ2) is 20.8. The van der Waals surface area contributed by atoms with Gasteiger partial charge in [0.2, 0.25) is 0 Å². The van der Waals surface area contributed by atoms with E-state index in [4.69, 9.17) is 28.4 Å². The van der Waals surface area contributed by atoms with E-state index in [2.05, 4.69) is 164 Å². The Morgan fingerprint density at radius 3 is 1.04 bits per heavy atom. The molecule has 9 atom stereocenters. The Labute approximate surface area is 447 Å². The van der Waals surface area contributed by atoms with Crippen LogP contribution in [0.3, 0.4) is 0 Å². The lowest BCUT2D eigenvalue weighted by Gasteiger charge is -2.33. The van der Waals surface area contributed by atoms with Gasteiger partial charge in [0.25, 0.3) is 0 Å². The summed E-state index contributed by atoms with van der Waals surface area (Å²) in [6, 6.07) is 46.1. The van der Waals surface area contributed by atoms with Crippen LogP contribution in [0.25, 0.3) is 0 Å². The Kier molecular flexibility index (Phi) is 14.1. The maximum atomic E-state index is 6.21. The maximum Gasteiger partial charge on any atom is 0.0850 e. The highest BCUT2D eigenvalue weighted by Crippen LogP contribution is 2.44. The molecule has 0 N–H and O–H groups in total. The van der Waals surface area contributed by atoms with Gasteiger partial charge in [0.05, 0.1) is 76.3 Å². The summed E-state index contributed by atoms with van der Waals surface area (Å²) in [5.41, 5.74) is 23.1. The third-order valence-electron chi connectivity index (χ3n) is 18.9. The first kappa shape index (κ1) is 50.9. The van der Waals surface area contributed by atoms with E-state index in [1.807, 2.05) is 0 Å². The van der Waals surface area contributed by atoms with E-state index < -0.39 is 0 Å². The van der Waals surface area contributed by atoms with E-state index in [9.17, 15) is 0 Å². The summed E-state index contributed by atoms with van der Waals surface area (Å²) in [5.74, 6) is 0. The van der Waals surface area contributed by atoms with E-state index in [0.29, 0.717) is 18.3 Å². The van der Waals surface area contributed by atoms with E-state index in [-0.39, 0.29) is 34.6 Å². The van der Waals surface area contributed by atoms with Crippen molar-refractivity contribution >= 4 is 0 Å². The molecule has 392 valence electrons. The number of rotatable bonds is 25. The Morgan fingerprint density at radius 1 is 0.333 bits per heavy atom. The van der Waals surface area contributed by atoms with Gasteiger partial charge in [0, 0.05) is 54.8 Å². The molecule has 0 aromatic heterocycles. The number of hydrogen-bond donors (Lipinski definition) is 0. The molecule has 0 aliphatic carbocycles. The SMILES string of the molecule is CCC(C)(c1ccc(CC2CO2)cc1)c1ccc(CC2CO2)c(Cc2cc(C(C)(CC)c3ccc(CC4CO4)cc3)cc(Cc3cc(C(C)(CC)c4ccc(CC5CO5)cc4)cc(C)c3CC3CO3)c2CC2CO2)c1. The number of hydrogen-bond acceptors (Lipinski definition) is 6. The summed E-state index contributed by atoms with van der Waals surface area (Å²) in [6.07, 6.45) is 12.3. The number of ether oxygens (including phenoxy) is 6. The first-order valence-corrected chi connectivity index (χ1v) is 28.8. The lowest BCUT2D eigenvalue weighted by Crippen LogP contribution is -2.25.